The van der Waals surface area contributed by atoms with Gasteiger partial charge in [0.2, 0.25) is 5.91 Å². The Morgan fingerprint density at radius 2 is 1.71 bits per heavy atom. The average Bonchev–Trinajstić information content (AvgIpc) is 3.10. The normalized spacial score (nSPS) is 14.2. The maximum atomic E-state index is 12.4. The highest BCUT2D eigenvalue weighted by Crippen LogP contribution is 2.28. The van der Waals surface area contributed by atoms with Gasteiger partial charge in [-0.05, 0) is 37.6 Å². The molecule has 0 unspecified atom stereocenters. The minimum atomic E-state index is 0.0279. The second kappa shape index (κ2) is 7.97. The number of anilines is 2. The SMILES string of the molecule is CN(CC(=O)Nc1ccccc1N1CCCC1)Cc1ccccc1. The van der Waals surface area contributed by atoms with E-state index in [0.717, 1.165) is 31.0 Å². The van der Waals surface area contributed by atoms with Gasteiger partial charge in [-0.2, -0.15) is 0 Å². The molecule has 0 aromatic heterocycles. The van der Waals surface area contributed by atoms with E-state index >= 15 is 0 Å². The number of nitrogens with one attached hydrogen (secondary N) is 1. The van der Waals surface area contributed by atoms with Crippen LogP contribution in [-0.2, 0) is 11.3 Å². The van der Waals surface area contributed by atoms with Crippen molar-refractivity contribution in [2.24, 2.45) is 0 Å². The number of para-hydroxylation sites is 2. The Bertz CT molecular complexity index is 666. The number of hydrogen-bond donors (Lipinski definition) is 1. The quantitative estimate of drug-likeness (QED) is 0.885. The Kier molecular flexibility index (Phi) is 5.49. The molecule has 4 nitrogen and oxygen atoms in total. The van der Waals surface area contributed by atoms with Gasteiger partial charge in [-0.25, -0.2) is 0 Å². The fraction of sp³-hybridized carbons (Fsp3) is 0.350. The lowest BCUT2D eigenvalue weighted by atomic mass is 10.2. The van der Waals surface area contributed by atoms with Gasteiger partial charge in [0.05, 0.1) is 17.9 Å². The van der Waals surface area contributed by atoms with Gasteiger partial charge in [-0.1, -0.05) is 42.5 Å². The summed E-state index contributed by atoms with van der Waals surface area (Å²) < 4.78 is 0. The maximum absolute atomic E-state index is 12.4. The van der Waals surface area contributed by atoms with Gasteiger partial charge in [-0.15, -0.1) is 0 Å². The lowest BCUT2D eigenvalue weighted by Gasteiger charge is -2.22. The molecule has 0 saturated carbocycles. The van der Waals surface area contributed by atoms with Crippen LogP contribution in [0.3, 0.4) is 0 Å². The summed E-state index contributed by atoms with van der Waals surface area (Å²) in [4.78, 5) is 16.8. The second-order valence-corrected chi connectivity index (χ2v) is 6.42. The van der Waals surface area contributed by atoms with Crippen molar-refractivity contribution >= 4 is 17.3 Å². The third-order valence-corrected chi connectivity index (χ3v) is 4.33. The number of carbonyl (C=O) groups excluding carboxylic acids is 1. The number of carbonyl (C=O) groups is 1. The molecule has 0 radical (unpaired) electrons. The first-order valence-electron chi connectivity index (χ1n) is 8.58. The summed E-state index contributed by atoms with van der Waals surface area (Å²) in [5, 5.41) is 3.08. The fourth-order valence-electron chi connectivity index (χ4n) is 3.20. The first kappa shape index (κ1) is 16.5. The van der Waals surface area contributed by atoms with Crippen LogP contribution in [0.4, 0.5) is 11.4 Å². The molecular weight excluding hydrogens is 298 g/mol. The van der Waals surface area contributed by atoms with E-state index in [0.29, 0.717) is 6.54 Å². The molecule has 2 aromatic carbocycles. The number of hydrogen-bond acceptors (Lipinski definition) is 3. The molecule has 3 rings (SSSR count). The lowest BCUT2D eigenvalue weighted by Crippen LogP contribution is -2.30. The number of benzene rings is 2. The molecule has 4 heteroatoms. The lowest BCUT2D eigenvalue weighted by molar-refractivity contribution is -0.117. The van der Waals surface area contributed by atoms with Crippen molar-refractivity contribution in [3.8, 4) is 0 Å². The van der Waals surface area contributed by atoms with E-state index in [1.165, 1.54) is 18.4 Å². The van der Waals surface area contributed by atoms with E-state index in [2.05, 4.69) is 28.4 Å². The molecule has 24 heavy (non-hydrogen) atoms. The minimum Gasteiger partial charge on any atom is -0.370 e. The van der Waals surface area contributed by atoms with Gasteiger partial charge in [0, 0.05) is 19.6 Å². The van der Waals surface area contributed by atoms with E-state index in [-0.39, 0.29) is 5.91 Å². The number of nitrogens with zero attached hydrogens (tertiary/aromatic N) is 2. The van der Waals surface area contributed by atoms with Gasteiger partial charge in [-0.3, -0.25) is 9.69 Å². The monoisotopic (exact) mass is 323 g/mol. The van der Waals surface area contributed by atoms with E-state index in [9.17, 15) is 4.79 Å². The second-order valence-electron chi connectivity index (χ2n) is 6.42. The highest BCUT2D eigenvalue weighted by atomic mass is 16.2. The number of likely N-dealkylation sites (N-methyl/N-ethyl adjacent to an activating group) is 1. The Balaban J connectivity index is 1.58. The maximum Gasteiger partial charge on any atom is 0.238 e. The van der Waals surface area contributed by atoms with E-state index in [1.54, 1.807) is 0 Å². The third kappa shape index (κ3) is 4.36. The summed E-state index contributed by atoms with van der Waals surface area (Å²) in [6, 6.07) is 18.3. The van der Waals surface area contributed by atoms with Crippen molar-refractivity contribution in [1.82, 2.24) is 4.90 Å². The molecular formula is C20H25N3O. The zero-order valence-corrected chi connectivity index (χ0v) is 14.2. The number of rotatable bonds is 6. The van der Waals surface area contributed by atoms with E-state index in [4.69, 9.17) is 0 Å². The van der Waals surface area contributed by atoms with Crippen molar-refractivity contribution in [3.63, 3.8) is 0 Å². The molecule has 1 N–H and O–H groups in total. The minimum absolute atomic E-state index is 0.0279. The van der Waals surface area contributed by atoms with Crippen LogP contribution in [0.25, 0.3) is 0 Å². The van der Waals surface area contributed by atoms with Crippen LogP contribution in [0.2, 0.25) is 0 Å². The molecule has 126 valence electrons. The summed E-state index contributed by atoms with van der Waals surface area (Å²) in [6.45, 7) is 3.28. The molecule has 0 spiro atoms. The summed E-state index contributed by atoms with van der Waals surface area (Å²) >= 11 is 0. The van der Waals surface area contributed by atoms with Crippen LogP contribution in [0, 0.1) is 0 Å². The molecule has 1 saturated heterocycles. The molecule has 0 bridgehead atoms. The van der Waals surface area contributed by atoms with Crippen LogP contribution in [0.1, 0.15) is 18.4 Å². The van der Waals surface area contributed by atoms with Crippen LogP contribution < -0.4 is 10.2 Å². The summed E-state index contributed by atoms with van der Waals surface area (Å²) in [5.74, 6) is 0.0279. The van der Waals surface area contributed by atoms with Crippen molar-refractivity contribution in [1.29, 1.82) is 0 Å². The Morgan fingerprint density at radius 1 is 1.04 bits per heavy atom. The predicted octanol–water partition coefficient (Wildman–Crippen LogP) is 3.36. The van der Waals surface area contributed by atoms with Gasteiger partial charge in [0.15, 0.2) is 0 Å². The van der Waals surface area contributed by atoms with Crippen LogP contribution in [0.5, 0.6) is 0 Å². The van der Waals surface area contributed by atoms with Crippen LogP contribution in [-0.4, -0.2) is 37.5 Å². The predicted molar refractivity (Wildman–Crippen MR) is 99.3 cm³/mol. The van der Waals surface area contributed by atoms with Crippen LogP contribution >= 0.6 is 0 Å². The Hall–Kier alpha value is -2.33. The van der Waals surface area contributed by atoms with E-state index in [1.807, 2.05) is 48.3 Å². The highest BCUT2D eigenvalue weighted by Gasteiger charge is 2.17. The molecule has 1 aliphatic heterocycles. The Morgan fingerprint density at radius 3 is 2.46 bits per heavy atom. The molecule has 1 aliphatic rings. The zero-order chi connectivity index (χ0) is 16.8. The van der Waals surface area contributed by atoms with Crippen molar-refractivity contribution in [3.05, 3.63) is 60.2 Å². The van der Waals surface area contributed by atoms with Crippen LogP contribution in [0.15, 0.2) is 54.6 Å². The molecule has 0 atom stereocenters. The van der Waals surface area contributed by atoms with Crippen molar-refractivity contribution < 1.29 is 4.79 Å². The summed E-state index contributed by atoms with van der Waals surface area (Å²) in [5.41, 5.74) is 3.26. The van der Waals surface area contributed by atoms with Gasteiger partial charge in [0.25, 0.3) is 0 Å². The highest BCUT2D eigenvalue weighted by molar-refractivity contribution is 5.95. The van der Waals surface area contributed by atoms with Gasteiger partial charge >= 0.3 is 0 Å². The fourth-order valence-corrected chi connectivity index (χ4v) is 3.20. The molecule has 1 heterocycles. The van der Waals surface area contributed by atoms with Crippen molar-refractivity contribution in [2.75, 3.05) is 36.9 Å². The third-order valence-electron chi connectivity index (χ3n) is 4.33. The van der Waals surface area contributed by atoms with Crippen molar-refractivity contribution in [2.45, 2.75) is 19.4 Å². The summed E-state index contributed by atoms with van der Waals surface area (Å²) in [6.07, 6.45) is 2.45. The van der Waals surface area contributed by atoms with Gasteiger partial charge in [0.1, 0.15) is 0 Å². The molecule has 0 aliphatic carbocycles. The molecule has 2 aromatic rings. The average molecular weight is 323 g/mol. The Labute approximate surface area is 144 Å². The largest absolute Gasteiger partial charge is 0.370 e. The summed E-state index contributed by atoms with van der Waals surface area (Å²) in [7, 11) is 1.97. The molecule has 1 amide bonds. The first-order valence-corrected chi connectivity index (χ1v) is 8.58. The first-order chi connectivity index (χ1) is 11.7. The molecule has 1 fully saturated rings. The van der Waals surface area contributed by atoms with Gasteiger partial charge < -0.3 is 10.2 Å². The zero-order valence-electron chi connectivity index (χ0n) is 14.2. The van der Waals surface area contributed by atoms with E-state index < -0.39 is 0 Å². The smallest absolute Gasteiger partial charge is 0.238 e. The number of amides is 1. The standard InChI is InChI=1S/C20H25N3O/c1-22(15-17-9-3-2-4-10-17)16-20(24)21-18-11-5-6-12-19(18)23-13-7-8-14-23/h2-6,9-12H,7-8,13-16H2,1H3,(H,21,24). The topological polar surface area (TPSA) is 35.6 Å².